The number of nitrogens with one attached hydrogen (secondary N) is 1. The van der Waals surface area contributed by atoms with Crippen LogP contribution in [0.25, 0.3) is 0 Å². The van der Waals surface area contributed by atoms with E-state index in [4.69, 9.17) is 23.8 Å². The molecular weight excluding hydrogens is 419 g/mol. The van der Waals surface area contributed by atoms with Crippen molar-refractivity contribution in [3.63, 3.8) is 0 Å². The van der Waals surface area contributed by atoms with Gasteiger partial charge in [-0.05, 0) is 67.2 Å². The molecule has 0 radical (unpaired) electrons. The quantitative estimate of drug-likeness (QED) is 0.436. The van der Waals surface area contributed by atoms with Crippen LogP contribution in [-0.2, 0) is 12.7 Å². The predicted octanol–water partition coefficient (Wildman–Crippen LogP) is 6.31. The Balaban J connectivity index is 1.77. The topological polar surface area (TPSA) is 28.2 Å². The first-order chi connectivity index (χ1) is 13.8. The van der Waals surface area contributed by atoms with E-state index in [2.05, 4.69) is 22.5 Å². The third-order valence-corrected chi connectivity index (χ3v) is 5.45. The van der Waals surface area contributed by atoms with E-state index in [0.29, 0.717) is 24.1 Å². The molecule has 154 valence electrons. The van der Waals surface area contributed by atoms with Gasteiger partial charge in [-0.1, -0.05) is 29.8 Å². The second-order valence-electron chi connectivity index (χ2n) is 7.01. The number of halogens is 4. The molecule has 1 heterocycles. The molecule has 29 heavy (non-hydrogen) atoms. The van der Waals surface area contributed by atoms with Gasteiger partial charge in [0.15, 0.2) is 5.11 Å². The lowest BCUT2D eigenvalue weighted by Crippen LogP contribution is -2.38. The van der Waals surface area contributed by atoms with Gasteiger partial charge in [-0.15, -0.1) is 0 Å². The van der Waals surface area contributed by atoms with E-state index in [9.17, 15) is 13.2 Å². The van der Waals surface area contributed by atoms with Crippen molar-refractivity contribution >= 4 is 34.6 Å². The van der Waals surface area contributed by atoms with Crippen LogP contribution in [0.4, 0.5) is 18.9 Å². The number of allylic oxidation sites excluding steroid dienone is 2. The minimum atomic E-state index is -4.53. The Morgan fingerprint density at radius 3 is 2.76 bits per heavy atom. The van der Waals surface area contributed by atoms with E-state index in [1.165, 1.54) is 12.1 Å². The largest absolute Gasteiger partial charge is 0.417 e. The highest BCUT2D eigenvalue weighted by atomic mass is 35.5. The maximum absolute atomic E-state index is 13.2. The Morgan fingerprint density at radius 2 is 2.10 bits per heavy atom. The molecule has 1 aliphatic carbocycles. The molecule has 1 aromatic heterocycles. The number of nitrogens with zero attached hydrogens (tertiary/aromatic N) is 2. The highest BCUT2D eigenvalue weighted by Gasteiger charge is 2.33. The van der Waals surface area contributed by atoms with Gasteiger partial charge in [0.05, 0.1) is 10.6 Å². The van der Waals surface area contributed by atoms with Crippen LogP contribution < -0.4 is 5.32 Å². The lowest BCUT2D eigenvalue weighted by molar-refractivity contribution is -0.137. The summed E-state index contributed by atoms with van der Waals surface area (Å²) in [5.74, 6) is 0.437. The Hall–Kier alpha value is -2.12. The molecule has 0 bridgehead atoms. The van der Waals surface area contributed by atoms with Gasteiger partial charge in [-0.25, -0.2) is 0 Å². The molecule has 0 saturated carbocycles. The summed E-state index contributed by atoms with van der Waals surface area (Å²) in [4.78, 5) is 6.12. The Bertz CT molecular complexity index is 871. The maximum atomic E-state index is 13.2. The summed E-state index contributed by atoms with van der Waals surface area (Å²) in [5, 5.41) is 2.99. The SMILES string of the molecule is FC(F)(F)c1cc(NC(=S)N(Cc2cccnc2)C[C@H]2CC=CCC2)ccc1Cl. The molecule has 2 aromatic rings. The van der Waals surface area contributed by atoms with Crippen molar-refractivity contribution in [1.29, 1.82) is 0 Å². The standard InChI is InChI=1S/C21H21ClF3N3S/c22-19-9-8-17(11-18(19)21(23,24)25)27-20(29)28(13-15-5-2-1-3-6-15)14-16-7-4-10-26-12-16/h1-2,4,7-12,15H,3,5-6,13-14H2,(H,27,29)/t15-/m0/s1. The van der Waals surface area contributed by atoms with Crippen LogP contribution in [0.1, 0.15) is 30.4 Å². The highest BCUT2D eigenvalue weighted by molar-refractivity contribution is 7.80. The first kappa shape index (κ1) is 21.6. The normalized spacial score (nSPS) is 16.5. The fraction of sp³-hybridized carbons (Fsp3) is 0.333. The number of rotatable bonds is 5. The van der Waals surface area contributed by atoms with Gasteiger partial charge in [0.25, 0.3) is 0 Å². The van der Waals surface area contributed by atoms with E-state index in [1.54, 1.807) is 12.4 Å². The molecule has 1 atom stereocenters. The Labute approximate surface area is 178 Å². The van der Waals surface area contributed by atoms with E-state index < -0.39 is 11.7 Å². The van der Waals surface area contributed by atoms with Crippen molar-refractivity contribution in [3.8, 4) is 0 Å². The molecule has 0 amide bonds. The Morgan fingerprint density at radius 1 is 1.28 bits per heavy atom. The third-order valence-electron chi connectivity index (χ3n) is 4.76. The van der Waals surface area contributed by atoms with Gasteiger partial charge in [0.2, 0.25) is 0 Å². The number of pyridine rings is 1. The lowest BCUT2D eigenvalue weighted by atomic mass is 9.94. The molecule has 0 aliphatic heterocycles. The van der Waals surface area contributed by atoms with Crippen LogP contribution >= 0.6 is 23.8 Å². The van der Waals surface area contributed by atoms with E-state index in [1.807, 2.05) is 17.0 Å². The monoisotopic (exact) mass is 439 g/mol. The molecule has 0 saturated heterocycles. The third kappa shape index (κ3) is 6.18. The summed E-state index contributed by atoms with van der Waals surface area (Å²) in [5.41, 5.74) is 0.352. The summed E-state index contributed by atoms with van der Waals surface area (Å²) in [6, 6.07) is 7.51. The zero-order valence-electron chi connectivity index (χ0n) is 15.6. The maximum Gasteiger partial charge on any atom is 0.417 e. The van der Waals surface area contributed by atoms with Gasteiger partial charge in [0, 0.05) is 31.2 Å². The number of hydrogen-bond donors (Lipinski definition) is 1. The summed E-state index contributed by atoms with van der Waals surface area (Å²) in [6.45, 7) is 1.24. The van der Waals surface area contributed by atoms with Crippen molar-refractivity contribution in [2.24, 2.45) is 5.92 Å². The average molecular weight is 440 g/mol. The van der Waals surface area contributed by atoms with Crippen molar-refractivity contribution < 1.29 is 13.2 Å². The molecule has 0 spiro atoms. The molecule has 1 N–H and O–H groups in total. The van der Waals surface area contributed by atoms with Crippen molar-refractivity contribution in [2.75, 3.05) is 11.9 Å². The summed E-state index contributed by atoms with van der Waals surface area (Å²) >= 11 is 11.3. The molecule has 1 aliphatic rings. The van der Waals surface area contributed by atoms with Gasteiger partial charge < -0.3 is 10.2 Å². The highest BCUT2D eigenvalue weighted by Crippen LogP contribution is 2.36. The van der Waals surface area contributed by atoms with Gasteiger partial charge >= 0.3 is 6.18 Å². The van der Waals surface area contributed by atoms with Gasteiger partial charge in [-0.2, -0.15) is 13.2 Å². The average Bonchev–Trinajstić information content (AvgIpc) is 2.69. The smallest absolute Gasteiger partial charge is 0.344 e. The van der Waals surface area contributed by atoms with E-state index >= 15 is 0 Å². The summed E-state index contributed by atoms with van der Waals surface area (Å²) in [7, 11) is 0. The number of anilines is 1. The zero-order chi connectivity index (χ0) is 20.9. The molecule has 3 rings (SSSR count). The fourth-order valence-corrected chi connectivity index (χ4v) is 3.77. The number of benzene rings is 1. The fourth-order valence-electron chi connectivity index (χ4n) is 3.29. The molecular formula is C21H21ClF3N3S. The minimum absolute atomic E-state index is 0.256. The number of thiocarbonyl (C=S) groups is 1. The van der Waals surface area contributed by atoms with Crippen LogP contribution in [0.15, 0.2) is 54.9 Å². The second kappa shape index (κ2) is 9.59. The molecule has 3 nitrogen and oxygen atoms in total. The number of hydrogen-bond acceptors (Lipinski definition) is 2. The van der Waals surface area contributed by atoms with Crippen LogP contribution in [-0.4, -0.2) is 21.5 Å². The minimum Gasteiger partial charge on any atom is -0.344 e. The summed E-state index contributed by atoms with van der Waals surface area (Å²) < 4.78 is 39.5. The molecule has 1 aromatic carbocycles. The second-order valence-corrected chi connectivity index (χ2v) is 7.81. The molecule has 8 heteroatoms. The van der Waals surface area contributed by atoms with Crippen molar-refractivity contribution in [3.05, 3.63) is 71.0 Å². The number of alkyl halides is 3. The van der Waals surface area contributed by atoms with Crippen LogP contribution in [0.2, 0.25) is 5.02 Å². The zero-order valence-corrected chi connectivity index (χ0v) is 17.2. The number of aromatic nitrogens is 1. The van der Waals surface area contributed by atoms with E-state index in [-0.39, 0.29) is 10.7 Å². The van der Waals surface area contributed by atoms with Gasteiger partial charge in [0.1, 0.15) is 0 Å². The molecule has 0 unspecified atom stereocenters. The van der Waals surface area contributed by atoms with Gasteiger partial charge in [-0.3, -0.25) is 4.98 Å². The predicted molar refractivity (Wildman–Crippen MR) is 114 cm³/mol. The van der Waals surface area contributed by atoms with Crippen LogP contribution in [0.5, 0.6) is 0 Å². The van der Waals surface area contributed by atoms with Crippen molar-refractivity contribution in [2.45, 2.75) is 32.0 Å². The van der Waals surface area contributed by atoms with Crippen molar-refractivity contribution in [1.82, 2.24) is 9.88 Å². The Kier molecular flexibility index (Phi) is 7.14. The van der Waals surface area contributed by atoms with E-state index in [0.717, 1.165) is 30.9 Å². The first-order valence-corrected chi connectivity index (χ1v) is 10.1. The first-order valence-electron chi connectivity index (χ1n) is 9.29. The molecule has 0 fully saturated rings. The van der Waals surface area contributed by atoms with Crippen LogP contribution in [0.3, 0.4) is 0 Å². The van der Waals surface area contributed by atoms with Crippen LogP contribution in [0, 0.1) is 5.92 Å². The summed E-state index contributed by atoms with van der Waals surface area (Å²) in [6.07, 6.45) is 6.32. The lowest BCUT2D eigenvalue weighted by Gasteiger charge is -2.31.